The first-order chi connectivity index (χ1) is 14.7. The molecule has 1 N–H and O–H groups in total. The zero-order valence-electron chi connectivity index (χ0n) is 17.5. The van der Waals surface area contributed by atoms with Gasteiger partial charge in [0.15, 0.2) is 5.78 Å². The third-order valence-electron chi connectivity index (χ3n) is 6.26. The van der Waals surface area contributed by atoms with E-state index in [1.165, 1.54) is 0 Å². The second kappa shape index (κ2) is 9.41. The Morgan fingerprint density at radius 3 is 2.57 bits per heavy atom. The number of hydrogen-bond donors (Lipinski definition) is 1. The molecule has 1 heterocycles. The number of Topliss-reactive ketones (excluding diaryl/α,β-unsaturated/α-hetero) is 1. The van der Waals surface area contributed by atoms with Gasteiger partial charge in [-0.15, -0.1) is 0 Å². The summed E-state index contributed by atoms with van der Waals surface area (Å²) in [5, 5.41) is 13.2. The molecule has 1 aliphatic rings. The van der Waals surface area contributed by atoms with Crippen LogP contribution in [0, 0.1) is 5.92 Å². The van der Waals surface area contributed by atoms with Crippen molar-refractivity contribution in [2.75, 3.05) is 26.7 Å². The molecule has 3 aromatic carbocycles. The van der Waals surface area contributed by atoms with Crippen LogP contribution in [0.3, 0.4) is 0 Å². The number of aliphatic hydroxyl groups excluding tert-OH is 1. The van der Waals surface area contributed by atoms with Crippen molar-refractivity contribution in [3.05, 3.63) is 77.9 Å². The van der Waals surface area contributed by atoms with E-state index in [4.69, 9.17) is 4.74 Å². The average Bonchev–Trinajstić information content (AvgIpc) is 2.82. The van der Waals surface area contributed by atoms with Crippen molar-refractivity contribution < 1.29 is 14.6 Å². The van der Waals surface area contributed by atoms with Crippen LogP contribution in [0.5, 0.6) is 5.75 Å². The lowest BCUT2D eigenvalue weighted by molar-refractivity contribution is 0.0577. The molecule has 0 amide bonds. The van der Waals surface area contributed by atoms with Gasteiger partial charge in [-0.1, -0.05) is 54.6 Å². The first kappa shape index (κ1) is 20.6. The lowest BCUT2D eigenvalue weighted by Gasteiger charge is -2.34. The Kier molecular flexibility index (Phi) is 6.46. The lowest BCUT2D eigenvalue weighted by atomic mass is 9.86. The molecule has 0 aromatic heterocycles. The number of ether oxygens (including phenoxy) is 1. The molecule has 0 bridgehead atoms. The largest absolute Gasteiger partial charge is 0.496 e. The average molecular weight is 404 g/mol. The van der Waals surface area contributed by atoms with Crippen molar-refractivity contribution in [1.29, 1.82) is 0 Å². The monoisotopic (exact) mass is 403 g/mol. The summed E-state index contributed by atoms with van der Waals surface area (Å²) in [5.74, 6) is 1.26. The molecule has 1 unspecified atom stereocenters. The normalized spacial score (nSPS) is 16.5. The molecular weight excluding hydrogens is 374 g/mol. The van der Waals surface area contributed by atoms with E-state index in [-0.39, 0.29) is 11.7 Å². The van der Waals surface area contributed by atoms with Gasteiger partial charge in [-0.2, -0.15) is 0 Å². The number of hydrogen-bond acceptors (Lipinski definition) is 4. The number of carbonyl (C=O) groups is 1. The Morgan fingerprint density at radius 2 is 1.83 bits per heavy atom. The highest BCUT2D eigenvalue weighted by molar-refractivity contribution is 5.96. The molecule has 1 fully saturated rings. The van der Waals surface area contributed by atoms with Crippen molar-refractivity contribution in [2.45, 2.75) is 25.4 Å². The summed E-state index contributed by atoms with van der Waals surface area (Å²) in [5.41, 5.74) is 1.74. The zero-order chi connectivity index (χ0) is 20.9. The molecule has 4 heteroatoms. The van der Waals surface area contributed by atoms with Crippen LogP contribution < -0.4 is 4.74 Å². The van der Waals surface area contributed by atoms with E-state index in [2.05, 4.69) is 23.1 Å². The Balaban J connectivity index is 1.34. The second-order valence-electron chi connectivity index (χ2n) is 8.10. The Morgan fingerprint density at radius 1 is 1.07 bits per heavy atom. The fraction of sp³-hybridized carbons (Fsp3) is 0.346. The van der Waals surface area contributed by atoms with Gasteiger partial charge in [0, 0.05) is 23.9 Å². The van der Waals surface area contributed by atoms with Crippen molar-refractivity contribution in [3.63, 3.8) is 0 Å². The van der Waals surface area contributed by atoms with Crippen LogP contribution in [0.25, 0.3) is 10.8 Å². The molecule has 0 saturated carbocycles. The van der Waals surface area contributed by atoms with E-state index >= 15 is 0 Å². The lowest BCUT2D eigenvalue weighted by Crippen LogP contribution is -2.36. The number of ketones is 1. The molecule has 0 radical (unpaired) electrons. The van der Waals surface area contributed by atoms with Crippen molar-refractivity contribution in [3.8, 4) is 5.75 Å². The van der Waals surface area contributed by atoms with E-state index in [0.717, 1.165) is 60.1 Å². The number of rotatable bonds is 7. The second-order valence-corrected chi connectivity index (χ2v) is 8.10. The summed E-state index contributed by atoms with van der Waals surface area (Å²) in [6.07, 6.45) is 1.93. The van der Waals surface area contributed by atoms with Gasteiger partial charge in [0.2, 0.25) is 0 Å². The van der Waals surface area contributed by atoms with Gasteiger partial charge in [0.25, 0.3) is 0 Å². The molecule has 0 aliphatic carbocycles. The van der Waals surface area contributed by atoms with Crippen LogP contribution in [0.2, 0.25) is 0 Å². The zero-order valence-corrected chi connectivity index (χ0v) is 17.5. The quantitative estimate of drug-likeness (QED) is 0.572. The molecule has 0 spiro atoms. The van der Waals surface area contributed by atoms with Crippen LogP contribution in [0.15, 0.2) is 66.7 Å². The molecule has 156 valence electrons. The Hall–Kier alpha value is -2.69. The topological polar surface area (TPSA) is 49.8 Å². The molecule has 4 nitrogen and oxygen atoms in total. The van der Waals surface area contributed by atoms with Gasteiger partial charge < -0.3 is 14.7 Å². The highest BCUT2D eigenvalue weighted by Crippen LogP contribution is 2.34. The van der Waals surface area contributed by atoms with Crippen LogP contribution in [0.1, 0.15) is 41.3 Å². The smallest absolute Gasteiger partial charge is 0.164 e. The van der Waals surface area contributed by atoms with Gasteiger partial charge in [0.05, 0.1) is 13.2 Å². The summed E-state index contributed by atoms with van der Waals surface area (Å²) in [6, 6.07) is 21.6. The SMILES string of the molecule is COc1cccc2ccc(C(O)C3CCN(CCC(=O)c4ccccc4)CC3)cc12. The first-order valence-electron chi connectivity index (χ1n) is 10.7. The molecule has 4 rings (SSSR count). The van der Waals surface area contributed by atoms with Gasteiger partial charge in [-0.3, -0.25) is 4.79 Å². The molecule has 1 saturated heterocycles. The molecule has 3 aromatic rings. The van der Waals surface area contributed by atoms with Crippen molar-refractivity contribution >= 4 is 16.6 Å². The summed E-state index contributed by atoms with van der Waals surface area (Å²) >= 11 is 0. The number of piperidine rings is 1. The maximum atomic E-state index is 12.3. The van der Waals surface area contributed by atoms with E-state index in [1.54, 1.807) is 7.11 Å². The standard InChI is InChI=1S/C26H29NO3/c1-30-25-9-5-8-19-10-11-22(18-23(19)25)26(29)21-12-15-27(16-13-21)17-14-24(28)20-6-3-2-4-7-20/h2-11,18,21,26,29H,12-17H2,1H3. The fourth-order valence-corrected chi connectivity index (χ4v) is 4.42. The summed E-state index contributed by atoms with van der Waals surface area (Å²) in [6.45, 7) is 2.62. The molecular formula is C26H29NO3. The maximum absolute atomic E-state index is 12.3. The van der Waals surface area contributed by atoms with E-state index < -0.39 is 6.10 Å². The third-order valence-corrected chi connectivity index (χ3v) is 6.26. The first-order valence-corrected chi connectivity index (χ1v) is 10.7. The minimum absolute atomic E-state index is 0.197. The van der Waals surface area contributed by atoms with Crippen LogP contribution in [0.4, 0.5) is 0 Å². The Labute approximate surface area is 178 Å². The molecule has 30 heavy (non-hydrogen) atoms. The minimum atomic E-state index is -0.479. The fourth-order valence-electron chi connectivity index (χ4n) is 4.42. The number of methoxy groups -OCH3 is 1. The van der Waals surface area contributed by atoms with Crippen molar-refractivity contribution in [1.82, 2.24) is 4.90 Å². The number of benzene rings is 3. The van der Waals surface area contributed by atoms with Crippen LogP contribution >= 0.6 is 0 Å². The van der Waals surface area contributed by atoms with E-state index in [9.17, 15) is 9.90 Å². The molecule has 1 aliphatic heterocycles. The van der Waals surface area contributed by atoms with Crippen molar-refractivity contribution in [2.24, 2.45) is 5.92 Å². The van der Waals surface area contributed by atoms with E-state index in [0.29, 0.717) is 6.42 Å². The van der Waals surface area contributed by atoms with Crippen LogP contribution in [-0.4, -0.2) is 42.5 Å². The number of fused-ring (bicyclic) bond motifs is 1. The van der Waals surface area contributed by atoms with Gasteiger partial charge in [0.1, 0.15) is 5.75 Å². The summed E-state index contributed by atoms with van der Waals surface area (Å²) < 4.78 is 5.48. The van der Waals surface area contributed by atoms with Crippen LogP contribution in [-0.2, 0) is 0 Å². The number of likely N-dealkylation sites (tertiary alicyclic amines) is 1. The highest BCUT2D eigenvalue weighted by Gasteiger charge is 2.26. The number of nitrogens with zero attached hydrogens (tertiary/aromatic N) is 1. The summed E-state index contributed by atoms with van der Waals surface area (Å²) in [4.78, 5) is 14.7. The maximum Gasteiger partial charge on any atom is 0.164 e. The van der Waals surface area contributed by atoms with Gasteiger partial charge in [-0.05, 0) is 54.9 Å². The van der Waals surface area contributed by atoms with Gasteiger partial charge >= 0.3 is 0 Å². The minimum Gasteiger partial charge on any atom is -0.496 e. The Bertz CT molecular complexity index is 994. The molecule has 1 atom stereocenters. The van der Waals surface area contributed by atoms with Gasteiger partial charge in [-0.25, -0.2) is 0 Å². The summed E-state index contributed by atoms with van der Waals surface area (Å²) in [7, 11) is 1.68. The highest BCUT2D eigenvalue weighted by atomic mass is 16.5. The number of aliphatic hydroxyl groups is 1. The van der Waals surface area contributed by atoms with E-state index in [1.807, 2.05) is 48.5 Å². The number of carbonyl (C=O) groups excluding carboxylic acids is 1. The predicted octanol–water partition coefficient (Wildman–Crippen LogP) is 4.87. The third kappa shape index (κ3) is 4.55. The predicted molar refractivity (Wildman–Crippen MR) is 120 cm³/mol.